The van der Waals surface area contributed by atoms with Gasteiger partial charge in [0, 0.05) is 6.04 Å². The average molecular weight is 358 g/mol. The zero-order valence-corrected chi connectivity index (χ0v) is 15.0. The molecule has 0 bridgehead atoms. The maximum atomic E-state index is 12.0. The van der Waals surface area contributed by atoms with E-state index in [2.05, 4.69) is 27.8 Å². The van der Waals surface area contributed by atoms with Gasteiger partial charge in [0.15, 0.2) is 4.34 Å². The van der Waals surface area contributed by atoms with E-state index in [1.54, 1.807) is 6.92 Å². The first kappa shape index (κ1) is 18.0. The molecule has 2 rings (SSSR count). The Kier molecular flexibility index (Phi) is 7.10. The summed E-state index contributed by atoms with van der Waals surface area (Å²) in [5.74, 6) is 0.862. The molecule has 1 aliphatic carbocycles. The first-order valence-electron chi connectivity index (χ1n) is 7.78. The Morgan fingerprint density at radius 3 is 2.87 bits per heavy atom. The summed E-state index contributed by atoms with van der Waals surface area (Å²) >= 11 is 2.54. The van der Waals surface area contributed by atoms with Crippen LogP contribution in [-0.2, 0) is 9.53 Å². The minimum atomic E-state index is -0.552. The highest BCUT2D eigenvalue weighted by atomic mass is 32.2. The van der Waals surface area contributed by atoms with Gasteiger partial charge in [0.1, 0.15) is 0 Å². The number of carbonyl (C=O) groups excluding carboxylic acids is 2. The smallest absolute Gasteiger partial charge is 0.413 e. The number of thioether (sulfide) groups is 1. The van der Waals surface area contributed by atoms with E-state index in [1.807, 2.05) is 0 Å². The molecule has 1 aromatic rings. The molecular weight excluding hydrogens is 336 g/mol. The normalized spacial score (nSPS) is 20.8. The second-order valence-electron chi connectivity index (χ2n) is 5.44. The van der Waals surface area contributed by atoms with E-state index >= 15 is 0 Å². The Morgan fingerprint density at radius 1 is 1.35 bits per heavy atom. The van der Waals surface area contributed by atoms with E-state index in [4.69, 9.17) is 4.74 Å². The molecule has 1 aromatic heterocycles. The Morgan fingerprint density at radius 2 is 2.13 bits per heavy atom. The molecule has 1 fully saturated rings. The summed E-state index contributed by atoms with van der Waals surface area (Å²) in [4.78, 5) is 23.3. The van der Waals surface area contributed by atoms with Gasteiger partial charge >= 0.3 is 6.09 Å². The van der Waals surface area contributed by atoms with Crippen LogP contribution in [0.5, 0.6) is 0 Å². The zero-order valence-electron chi connectivity index (χ0n) is 13.3. The molecule has 1 saturated carbocycles. The third-order valence-electron chi connectivity index (χ3n) is 3.68. The van der Waals surface area contributed by atoms with E-state index in [-0.39, 0.29) is 11.9 Å². The Hall–Kier alpha value is -1.35. The second-order valence-corrected chi connectivity index (χ2v) is 7.64. The van der Waals surface area contributed by atoms with E-state index in [1.165, 1.54) is 42.4 Å². The van der Waals surface area contributed by atoms with Crippen LogP contribution in [0, 0.1) is 5.92 Å². The standard InChI is InChI=1S/C14H22N4O3S2/c1-3-21-13(20)16-12-17-18-14(23-12)22-8-11(19)15-10-7-5-4-6-9(10)2/h9-10H,3-8H2,1-2H3,(H,15,19)(H,16,17,20). The van der Waals surface area contributed by atoms with Crippen LogP contribution in [0.15, 0.2) is 4.34 Å². The number of hydrogen-bond acceptors (Lipinski definition) is 7. The van der Waals surface area contributed by atoms with Crippen molar-refractivity contribution < 1.29 is 14.3 Å². The number of rotatable bonds is 6. The minimum Gasteiger partial charge on any atom is -0.450 e. The third-order valence-corrected chi connectivity index (χ3v) is 5.65. The largest absolute Gasteiger partial charge is 0.450 e. The quantitative estimate of drug-likeness (QED) is 0.600. The highest BCUT2D eigenvalue weighted by Gasteiger charge is 2.22. The fourth-order valence-corrected chi connectivity index (χ4v) is 4.03. The lowest BCUT2D eigenvalue weighted by atomic mass is 9.86. The number of amides is 2. The predicted molar refractivity (Wildman–Crippen MR) is 90.8 cm³/mol. The van der Waals surface area contributed by atoms with Crippen molar-refractivity contribution in [3.8, 4) is 0 Å². The van der Waals surface area contributed by atoms with Crippen LogP contribution in [0.2, 0.25) is 0 Å². The van der Waals surface area contributed by atoms with Crippen LogP contribution < -0.4 is 10.6 Å². The molecule has 7 nitrogen and oxygen atoms in total. The fraction of sp³-hybridized carbons (Fsp3) is 0.714. The highest BCUT2D eigenvalue weighted by molar-refractivity contribution is 8.01. The van der Waals surface area contributed by atoms with Crippen LogP contribution >= 0.6 is 23.1 Å². The van der Waals surface area contributed by atoms with E-state index in [0.717, 1.165) is 6.42 Å². The lowest BCUT2D eigenvalue weighted by molar-refractivity contribution is -0.119. The Labute approximate surface area is 144 Å². The molecule has 0 spiro atoms. The number of anilines is 1. The van der Waals surface area contributed by atoms with Gasteiger partial charge in [0.2, 0.25) is 11.0 Å². The third kappa shape index (κ3) is 5.98. The van der Waals surface area contributed by atoms with Crippen molar-refractivity contribution in [2.45, 2.75) is 49.9 Å². The van der Waals surface area contributed by atoms with Crippen LogP contribution in [0.3, 0.4) is 0 Å². The summed E-state index contributed by atoms with van der Waals surface area (Å²) in [7, 11) is 0. The monoisotopic (exact) mass is 358 g/mol. The molecular formula is C14H22N4O3S2. The van der Waals surface area contributed by atoms with Gasteiger partial charge in [-0.2, -0.15) is 0 Å². The SMILES string of the molecule is CCOC(=O)Nc1nnc(SCC(=O)NC2CCCCC2C)s1. The molecule has 2 N–H and O–H groups in total. The van der Waals surface area contributed by atoms with Crippen LogP contribution in [0.25, 0.3) is 0 Å². The van der Waals surface area contributed by atoms with Crippen molar-refractivity contribution in [2.24, 2.45) is 5.92 Å². The molecule has 9 heteroatoms. The van der Waals surface area contributed by atoms with Crippen molar-refractivity contribution in [2.75, 3.05) is 17.7 Å². The summed E-state index contributed by atoms with van der Waals surface area (Å²) in [6, 6.07) is 0.285. The highest BCUT2D eigenvalue weighted by Crippen LogP contribution is 2.26. The topological polar surface area (TPSA) is 93.2 Å². The van der Waals surface area contributed by atoms with E-state index < -0.39 is 6.09 Å². The lowest BCUT2D eigenvalue weighted by Crippen LogP contribution is -2.41. The Bertz CT molecular complexity index is 538. The van der Waals surface area contributed by atoms with Crippen LogP contribution in [-0.4, -0.2) is 40.6 Å². The molecule has 0 aromatic carbocycles. The molecule has 1 aliphatic rings. The predicted octanol–water partition coefficient (Wildman–Crippen LogP) is 2.89. The number of hydrogen-bond donors (Lipinski definition) is 2. The van der Waals surface area contributed by atoms with Gasteiger partial charge in [0.05, 0.1) is 12.4 Å². The van der Waals surface area contributed by atoms with Crippen LogP contribution in [0.1, 0.15) is 39.5 Å². The molecule has 2 atom stereocenters. The molecule has 1 heterocycles. The summed E-state index contributed by atoms with van der Waals surface area (Å²) in [5.41, 5.74) is 0. The maximum Gasteiger partial charge on any atom is 0.413 e. The summed E-state index contributed by atoms with van der Waals surface area (Å²) < 4.78 is 5.41. The van der Waals surface area contributed by atoms with Crippen LogP contribution in [0.4, 0.5) is 9.93 Å². The van der Waals surface area contributed by atoms with Gasteiger partial charge in [-0.05, 0) is 25.7 Å². The zero-order chi connectivity index (χ0) is 16.7. The first-order chi connectivity index (χ1) is 11.1. The molecule has 2 amide bonds. The molecule has 23 heavy (non-hydrogen) atoms. The maximum absolute atomic E-state index is 12.0. The number of aromatic nitrogens is 2. The van der Waals surface area contributed by atoms with Gasteiger partial charge < -0.3 is 10.1 Å². The van der Waals surface area contributed by atoms with Crippen molar-refractivity contribution in [1.82, 2.24) is 15.5 Å². The van der Waals surface area contributed by atoms with Gasteiger partial charge in [0.25, 0.3) is 0 Å². The van der Waals surface area contributed by atoms with Crippen molar-refractivity contribution in [3.05, 3.63) is 0 Å². The fourth-order valence-electron chi connectivity index (χ4n) is 2.48. The van der Waals surface area contributed by atoms with E-state index in [0.29, 0.717) is 27.7 Å². The lowest BCUT2D eigenvalue weighted by Gasteiger charge is -2.29. The summed E-state index contributed by atoms with van der Waals surface area (Å²) in [6.45, 7) is 4.22. The molecule has 0 radical (unpaired) electrons. The van der Waals surface area contributed by atoms with Gasteiger partial charge in [-0.3, -0.25) is 10.1 Å². The van der Waals surface area contributed by atoms with Gasteiger partial charge in [-0.15, -0.1) is 10.2 Å². The van der Waals surface area contributed by atoms with Gasteiger partial charge in [-0.1, -0.05) is 42.9 Å². The van der Waals surface area contributed by atoms with Crippen molar-refractivity contribution in [3.63, 3.8) is 0 Å². The van der Waals surface area contributed by atoms with Gasteiger partial charge in [-0.25, -0.2) is 4.79 Å². The van der Waals surface area contributed by atoms with Crippen molar-refractivity contribution in [1.29, 1.82) is 0 Å². The molecule has 128 valence electrons. The average Bonchev–Trinajstić information content (AvgIpc) is 2.95. The minimum absolute atomic E-state index is 0.0175. The number of carbonyl (C=O) groups is 2. The number of nitrogens with one attached hydrogen (secondary N) is 2. The number of nitrogens with zero attached hydrogens (tertiary/aromatic N) is 2. The first-order valence-corrected chi connectivity index (χ1v) is 9.58. The number of ether oxygens (including phenoxy) is 1. The summed E-state index contributed by atoms with van der Waals surface area (Å²) in [6.07, 6.45) is 4.12. The van der Waals surface area contributed by atoms with E-state index in [9.17, 15) is 9.59 Å². The summed E-state index contributed by atoms with van der Waals surface area (Å²) in [5, 5.41) is 13.8. The molecule has 0 saturated heterocycles. The van der Waals surface area contributed by atoms with Crippen molar-refractivity contribution >= 4 is 40.2 Å². The second kappa shape index (κ2) is 9.07. The Balaban J connectivity index is 1.74. The molecule has 2 unspecified atom stereocenters. The molecule has 0 aliphatic heterocycles.